The maximum absolute atomic E-state index is 13.1. The second-order valence-corrected chi connectivity index (χ2v) is 6.06. The van der Waals surface area contributed by atoms with Crippen LogP contribution in [0.1, 0.15) is 25.7 Å². The van der Waals surface area contributed by atoms with E-state index in [0.717, 1.165) is 0 Å². The van der Waals surface area contributed by atoms with Crippen LogP contribution in [0.15, 0.2) is 0 Å². The fraction of sp³-hybridized carbons (Fsp3) is 0.800. The van der Waals surface area contributed by atoms with Gasteiger partial charge in [0.15, 0.2) is 0 Å². The van der Waals surface area contributed by atoms with Crippen LogP contribution in [0.4, 0.5) is 17.6 Å². The number of rotatable bonds is 6. The van der Waals surface area contributed by atoms with Gasteiger partial charge in [-0.2, -0.15) is 26.0 Å². The molecule has 0 aromatic carbocycles. The van der Waals surface area contributed by atoms with Gasteiger partial charge >= 0.3 is 27.3 Å². The Morgan fingerprint density at radius 2 is 1.90 bits per heavy atom. The fourth-order valence-corrected chi connectivity index (χ4v) is 2.23. The molecule has 1 N–H and O–H groups in total. The van der Waals surface area contributed by atoms with E-state index in [4.69, 9.17) is 4.55 Å². The predicted octanol–water partition coefficient (Wildman–Crippen LogP) is 1.40. The molecule has 0 spiro atoms. The number of hydrogen-bond acceptors (Lipinski definition) is 5. The number of alkyl halides is 4. The molecule has 0 heterocycles. The zero-order valence-electron chi connectivity index (χ0n) is 10.5. The van der Waals surface area contributed by atoms with Crippen molar-refractivity contribution in [1.29, 1.82) is 0 Å². The van der Waals surface area contributed by atoms with E-state index in [1.807, 2.05) is 0 Å². The average molecular weight is 336 g/mol. The highest BCUT2D eigenvalue weighted by Crippen LogP contribution is 2.40. The smallest absolute Gasteiger partial charge is 0.431 e. The summed E-state index contributed by atoms with van der Waals surface area (Å²) in [5.74, 6) is -7.08. The summed E-state index contributed by atoms with van der Waals surface area (Å²) in [7, 11) is -6.30. The van der Waals surface area contributed by atoms with E-state index >= 15 is 0 Å². The molecule has 21 heavy (non-hydrogen) atoms. The van der Waals surface area contributed by atoms with Gasteiger partial charge < -0.3 is 4.74 Å². The Hall–Kier alpha value is -1.23. The SMILES string of the molecule is O=C1CCC(C(=O)OCCC(F)(F)C(F)(F)S(=O)(=O)O)C1. The lowest BCUT2D eigenvalue weighted by Gasteiger charge is -2.23. The number of halogens is 4. The summed E-state index contributed by atoms with van der Waals surface area (Å²) >= 11 is 0. The number of Topliss-reactive ketones (excluding diaryl/α,β-unsaturated/α-hetero) is 1. The number of carbonyl (C=O) groups excluding carboxylic acids is 2. The Labute approximate surface area is 117 Å². The van der Waals surface area contributed by atoms with Gasteiger partial charge in [0.2, 0.25) is 0 Å². The molecule has 6 nitrogen and oxygen atoms in total. The van der Waals surface area contributed by atoms with Crippen LogP contribution in [-0.4, -0.2) is 42.5 Å². The van der Waals surface area contributed by atoms with Gasteiger partial charge in [0.05, 0.1) is 18.9 Å². The van der Waals surface area contributed by atoms with Crippen molar-refractivity contribution in [3.05, 3.63) is 0 Å². The number of hydrogen-bond donors (Lipinski definition) is 1. The molecule has 122 valence electrons. The topological polar surface area (TPSA) is 97.7 Å². The maximum Gasteiger partial charge on any atom is 0.431 e. The highest BCUT2D eigenvalue weighted by molar-refractivity contribution is 7.87. The first-order valence-corrected chi connectivity index (χ1v) is 7.23. The minimum absolute atomic E-state index is 0.101. The van der Waals surface area contributed by atoms with Gasteiger partial charge in [-0.1, -0.05) is 0 Å². The molecule has 0 bridgehead atoms. The maximum atomic E-state index is 13.1. The van der Waals surface area contributed by atoms with Crippen molar-refractivity contribution in [3.8, 4) is 0 Å². The third kappa shape index (κ3) is 3.90. The summed E-state index contributed by atoms with van der Waals surface area (Å²) < 4.78 is 84.6. The summed E-state index contributed by atoms with van der Waals surface area (Å²) in [5, 5.41) is -5.68. The van der Waals surface area contributed by atoms with Crippen molar-refractivity contribution in [2.75, 3.05) is 6.61 Å². The second-order valence-electron chi connectivity index (χ2n) is 4.59. The molecule has 1 atom stereocenters. The summed E-state index contributed by atoms with van der Waals surface area (Å²) in [4.78, 5) is 22.3. The molecule has 11 heteroatoms. The zero-order chi connectivity index (χ0) is 16.5. The molecule has 0 radical (unpaired) electrons. The van der Waals surface area contributed by atoms with E-state index in [1.54, 1.807) is 0 Å². The highest BCUT2D eigenvalue weighted by Gasteiger charge is 2.65. The number of carbonyl (C=O) groups is 2. The molecular formula is C10H12F4O6S. The number of ketones is 1. The number of esters is 1. The van der Waals surface area contributed by atoms with E-state index in [9.17, 15) is 35.6 Å². The predicted molar refractivity (Wildman–Crippen MR) is 59.4 cm³/mol. The largest absolute Gasteiger partial charge is 0.465 e. The van der Waals surface area contributed by atoms with Crippen LogP contribution in [0.5, 0.6) is 0 Å². The molecule has 1 aliphatic rings. The van der Waals surface area contributed by atoms with Crippen molar-refractivity contribution in [1.82, 2.24) is 0 Å². The van der Waals surface area contributed by atoms with Crippen molar-refractivity contribution in [2.24, 2.45) is 5.92 Å². The van der Waals surface area contributed by atoms with E-state index in [0.29, 0.717) is 0 Å². The van der Waals surface area contributed by atoms with E-state index in [-0.39, 0.29) is 25.0 Å². The summed E-state index contributed by atoms with van der Waals surface area (Å²) in [5.41, 5.74) is 0. The first-order valence-electron chi connectivity index (χ1n) is 5.79. The Kier molecular flexibility index (Phi) is 4.98. The van der Waals surface area contributed by atoms with Gasteiger partial charge in [0.1, 0.15) is 5.78 Å². The van der Waals surface area contributed by atoms with Crippen LogP contribution < -0.4 is 0 Å². The second kappa shape index (κ2) is 5.87. The lowest BCUT2D eigenvalue weighted by molar-refractivity contribution is -0.176. The van der Waals surface area contributed by atoms with E-state index in [1.165, 1.54) is 0 Å². The van der Waals surface area contributed by atoms with Gasteiger partial charge in [-0.3, -0.25) is 14.1 Å². The van der Waals surface area contributed by atoms with Crippen molar-refractivity contribution in [3.63, 3.8) is 0 Å². The van der Waals surface area contributed by atoms with Crippen LogP contribution in [0.3, 0.4) is 0 Å². The Morgan fingerprint density at radius 3 is 2.33 bits per heavy atom. The number of ether oxygens (including phenoxy) is 1. The van der Waals surface area contributed by atoms with Crippen molar-refractivity contribution < 1.29 is 44.9 Å². The molecule has 0 aromatic heterocycles. The first-order chi connectivity index (χ1) is 9.38. The monoisotopic (exact) mass is 336 g/mol. The van der Waals surface area contributed by atoms with E-state index in [2.05, 4.69) is 4.74 Å². The van der Waals surface area contributed by atoms with Crippen LogP contribution in [-0.2, 0) is 24.4 Å². The van der Waals surface area contributed by atoms with Gasteiger partial charge in [-0.25, -0.2) is 0 Å². The van der Waals surface area contributed by atoms with Gasteiger partial charge in [0.25, 0.3) is 0 Å². The molecule has 1 saturated carbocycles. The molecule has 1 unspecified atom stereocenters. The van der Waals surface area contributed by atoms with Crippen LogP contribution in [0.2, 0.25) is 0 Å². The van der Waals surface area contributed by atoms with Gasteiger partial charge in [-0.15, -0.1) is 0 Å². The summed E-state index contributed by atoms with van der Waals surface area (Å²) in [6.07, 6.45) is -1.55. The molecular weight excluding hydrogens is 324 g/mol. The summed E-state index contributed by atoms with van der Waals surface area (Å²) in [6.45, 7) is -1.17. The minimum Gasteiger partial charge on any atom is -0.465 e. The molecule has 0 aromatic rings. The van der Waals surface area contributed by atoms with Crippen molar-refractivity contribution >= 4 is 21.9 Å². The molecule has 0 saturated heterocycles. The quantitative estimate of drug-likeness (QED) is 0.447. The normalized spacial score (nSPS) is 20.6. The van der Waals surface area contributed by atoms with E-state index < -0.39 is 46.2 Å². The molecule has 1 aliphatic carbocycles. The average Bonchev–Trinajstić information content (AvgIpc) is 2.73. The summed E-state index contributed by atoms with van der Waals surface area (Å²) in [6, 6.07) is 0. The molecule has 1 fully saturated rings. The lowest BCUT2D eigenvalue weighted by Crippen LogP contribution is -2.47. The van der Waals surface area contributed by atoms with Gasteiger partial charge in [0, 0.05) is 12.8 Å². The standard InChI is InChI=1S/C10H12F4O6S/c11-9(12,10(13,14)21(17,18)19)3-4-20-8(16)6-1-2-7(15)5-6/h6H,1-5H2,(H,17,18,19). The Balaban J connectivity index is 2.55. The third-order valence-corrected chi connectivity index (χ3v) is 3.94. The Morgan fingerprint density at radius 1 is 1.33 bits per heavy atom. The fourth-order valence-electron chi connectivity index (χ4n) is 1.75. The molecule has 1 rings (SSSR count). The zero-order valence-corrected chi connectivity index (χ0v) is 11.3. The molecule has 0 amide bonds. The Bertz CT molecular complexity index is 530. The first kappa shape index (κ1) is 17.8. The minimum atomic E-state index is -6.30. The van der Waals surface area contributed by atoms with Crippen LogP contribution >= 0.6 is 0 Å². The van der Waals surface area contributed by atoms with Crippen LogP contribution in [0.25, 0.3) is 0 Å². The van der Waals surface area contributed by atoms with Gasteiger partial charge in [-0.05, 0) is 6.42 Å². The highest BCUT2D eigenvalue weighted by atomic mass is 32.2. The van der Waals surface area contributed by atoms with Crippen molar-refractivity contribution in [2.45, 2.75) is 36.9 Å². The molecule has 0 aliphatic heterocycles. The third-order valence-electron chi connectivity index (χ3n) is 2.99. The van der Waals surface area contributed by atoms with Crippen LogP contribution in [0, 0.1) is 5.92 Å². The lowest BCUT2D eigenvalue weighted by atomic mass is 10.1.